The first-order valence-corrected chi connectivity index (χ1v) is 10.5. The van der Waals surface area contributed by atoms with Gasteiger partial charge in [0.15, 0.2) is 11.5 Å². The lowest BCUT2D eigenvalue weighted by Gasteiger charge is -2.16. The summed E-state index contributed by atoms with van der Waals surface area (Å²) < 4.78 is 21.7. The maximum absolute atomic E-state index is 12.2. The molecule has 0 unspecified atom stereocenters. The van der Waals surface area contributed by atoms with Crippen LogP contribution in [0.25, 0.3) is 6.08 Å². The van der Waals surface area contributed by atoms with E-state index in [4.69, 9.17) is 24.7 Å². The van der Waals surface area contributed by atoms with Crippen molar-refractivity contribution >= 4 is 29.0 Å². The smallest absolute Gasteiger partial charge is 0.248 e. The molecule has 3 aromatic rings. The molecule has 3 rings (SSSR count). The van der Waals surface area contributed by atoms with E-state index in [0.29, 0.717) is 40.9 Å². The Morgan fingerprint density at radius 1 is 0.882 bits per heavy atom. The van der Waals surface area contributed by atoms with Crippen LogP contribution in [0.15, 0.2) is 60.7 Å². The van der Waals surface area contributed by atoms with Crippen LogP contribution in [0, 0.1) is 0 Å². The van der Waals surface area contributed by atoms with Crippen molar-refractivity contribution in [3.8, 4) is 23.0 Å². The summed E-state index contributed by atoms with van der Waals surface area (Å²) in [5.41, 5.74) is 9.51. The van der Waals surface area contributed by atoms with Crippen molar-refractivity contribution in [3.63, 3.8) is 0 Å². The van der Waals surface area contributed by atoms with E-state index in [2.05, 4.69) is 10.6 Å². The van der Waals surface area contributed by atoms with Gasteiger partial charge in [0.1, 0.15) is 5.75 Å². The second-order valence-corrected chi connectivity index (χ2v) is 7.25. The molecule has 3 aromatic carbocycles. The van der Waals surface area contributed by atoms with Crippen molar-refractivity contribution in [1.29, 1.82) is 0 Å². The van der Waals surface area contributed by atoms with Crippen molar-refractivity contribution in [2.45, 2.75) is 6.54 Å². The first kappa shape index (κ1) is 24.3. The van der Waals surface area contributed by atoms with Gasteiger partial charge in [0, 0.05) is 36.0 Å². The number of nitrogens with one attached hydrogen (secondary N) is 2. The monoisotopic (exact) mass is 463 g/mol. The maximum atomic E-state index is 12.2. The zero-order valence-electron chi connectivity index (χ0n) is 19.7. The fourth-order valence-electron chi connectivity index (χ4n) is 3.35. The third-order valence-electron chi connectivity index (χ3n) is 5.10. The molecule has 0 aliphatic rings. The lowest BCUT2D eigenvalue weighted by Crippen LogP contribution is -2.09. The summed E-state index contributed by atoms with van der Waals surface area (Å²) in [6.07, 6.45) is 3.17. The van der Waals surface area contributed by atoms with Crippen LogP contribution in [0.4, 0.5) is 17.1 Å². The molecule has 0 heterocycles. The van der Waals surface area contributed by atoms with Crippen LogP contribution in [-0.4, -0.2) is 34.3 Å². The Labute approximate surface area is 199 Å². The molecule has 0 aliphatic carbocycles. The number of carbonyl (C=O) groups is 1. The van der Waals surface area contributed by atoms with Gasteiger partial charge in [-0.25, -0.2) is 0 Å². The number of benzene rings is 3. The van der Waals surface area contributed by atoms with E-state index < -0.39 is 0 Å². The predicted octanol–water partition coefficient (Wildman–Crippen LogP) is 4.57. The molecule has 178 valence electrons. The van der Waals surface area contributed by atoms with E-state index in [1.54, 1.807) is 46.6 Å². The summed E-state index contributed by atoms with van der Waals surface area (Å²) in [5.74, 6) is 2.07. The van der Waals surface area contributed by atoms with Crippen LogP contribution in [-0.2, 0) is 11.3 Å². The Kier molecular flexibility index (Phi) is 8.23. The van der Waals surface area contributed by atoms with E-state index in [1.165, 1.54) is 6.08 Å². The Bertz CT molecular complexity index is 1150. The number of anilines is 3. The van der Waals surface area contributed by atoms with Gasteiger partial charge in [-0.1, -0.05) is 24.3 Å². The third-order valence-corrected chi connectivity index (χ3v) is 5.10. The minimum absolute atomic E-state index is 0.273. The summed E-state index contributed by atoms with van der Waals surface area (Å²) in [5, 5.41) is 6.11. The van der Waals surface area contributed by atoms with Crippen LogP contribution >= 0.6 is 0 Å². The fourth-order valence-corrected chi connectivity index (χ4v) is 3.35. The van der Waals surface area contributed by atoms with Gasteiger partial charge < -0.3 is 35.3 Å². The lowest BCUT2D eigenvalue weighted by atomic mass is 10.1. The summed E-state index contributed by atoms with van der Waals surface area (Å²) in [4.78, 5) is 12.2. The molecule has 0 bridgehead atoms. The van der Waals surface area contributed by atoms with Gasteiger partial charge in [0.25, 0.3) is 0 Å². The quantitative estimate of drug-likeness (QED) is 0.299. The average molecular weight is 464 g/mol. The Morgan fingerprint density at radius 3 is 2.18 bits per heavy atom. The number of rotatable bonds is 10. The minimum Gasteiger partial charge on any atom is -0.496 e. The highest BCUT2D eigenvalue weighted by atomic mass is 16.5. The van der Waals surface area contributed by atoms with Crippen molar-refractivity contribution in [2.24, 2.45) is 0 Å². The topological polar surface area (TPSA) is 104 Å². The minimum atomic E-state index is -0.273. The molecule has 0 saturated heterocycles. The first-order valence-electron chi connectivity index (χ1n) is 10.5. The SMILES string of the molecule is COc1cc(/C=C\C(=O)Nc2ccccc2N)ccc1CNc1cc(OC)c(OC)c(OC)c1. The number of hydrogen-bond donors (Lipinski definition) is 3. The fraction of sp³-hybridized carbons (Fsp3) is 0.192. The molecule has 1 amide bonds. The molecule has 0 aliphatic heterocycles. The molecule has 0 fully saturated rings. The normalized spacial score (nSPS) is 10.6. The number of ether oxygens (including phenoxy) is 4. The number of hydrogen-bond acceptors (Lipinski definition) is 7. The third kappa shape index (κ3) is 5.92. The number of carbonyl (C=O) groups excluding carboxylic acids is 1. The second kappa shape index (κ2) is 11.5. The van der Waals surface area contributed by atoms with Gasteiger partial charge in [-0.3, -0.25) is 4.79 Å². The van der Waals surface area contributed by atoms with Gasteiger partial charge >= 0.3 is 0 Å². The van der Waals surface area contributed by atoms with Gasteiger partial charge in [-0.2, -0.15) is 0 Å². The average Bonchev–Trinajstić information content (AvgIpc) is 2.86. The maximum Gasteiger partial charge on any atom is 0.248 e. The number of para-hydroxylation sites is 2. The lowest BCUT2D eigenvalue weighted by molar-refractivity contribution is -0.111. The molecule has 8 nitrogen and oxygen atoms in total. The van der Waals surface area contributed by atoms with Crippen LogP contribution in [0.1, 0.15) is 11.1 Å². The van der Waals surface area contributed by atoms with Crippen LogP contribution in [0.2, 0.25) is 0 Å². The standard InChI is InChI=1S/C26H29N3O5/c1-31-22-13-17(10-12-25(30)29-21-8-6-5-7-20(21)27)9-11-18(22)16-28-19-14-23(32-2)26(34-4)24(15-19)33-3/h5-15,28H,16,27H2,1-4H3,(H,29,30)/b12-10-. The zero-order valence-corrected chi connectivity index (χ0v) is 19.7. The highest BCUT2D eigenvalue weighted by Crippen LogP contribution is 2.40. The van der Waals surface area contributed by atoms with E-state index in [-0.39, 0.29) is 5.91 Å². The molecule has 34 heavy (non-hydrogen) atoms. The van der Waals surface area contributed by atoms with E-state index >= 15 is 0 Å². The van der Waals surface area contributed by atoms with Gasteiger partial charge in [-0.15, -0.1) is 0 Å². The predicted molar refractivity (Wildman–Crippen MR) is 135 cm³/mol. The van der Waals surface area contributed by atoms with Crippen molar-refractivity contribution in [2.75, 3.05) is 44.8 Å². The molecule has 0 atom stereocenters. The molecule has 0 aromatic heterocycles. The number of methoxy groups -OCH3 is 4. The van der Waals surface area contributed by atoms with Gasteiger partial charge in [0.05, 0.1) is 39.8 Å². The van der Waals surface area contributed by atoms with Gasteiger partial charge in [0.2, 0.25) is 11.7 Å². The number of nitrogen functional groups attached to an aromatic ring is 1. The Balaban J connectivity index is 1.70. The first-order chi connectivity index (χ1) is 16.5. The van der Waals surface area contributed by atoms with E-state index in [9.17, 15) is 4.79 Å². The van der Waals surface area contributed by atoms with Crippen molar-refractivity contribution < 1.29 is 23.7 Å². The van der Waals surface area contributed by atoms with Crippen LogP contribution < -0.4 is 35.3 Å². The Hall–Kier alpha value is -4.33. The Morgan fingerprint density at radius 2 is 1.56 bits per heavy atom. The summed E-state index contributed by atoms with van der Waals surface area (Å²) in [7, 11) is 6.32. The van der Waals surface area contributed by atoms with Crippen molar-refractivity contribution in [1.82, 2.24) is 0 Å². The summed E-state index contributed by atoms with van der Waals surface area (Å²) in [6.45, 7) is 0.500. The molecule has 8 heteroatoms. The molecular weight excluding hydrogens is 434 g/mol. The zero-order chi connectivity index (χ0) is 24.5. The second-order valence-electron chi connectivity index (χ2n) is 7.25. The molecule has 4 N–H and O–H groups in total. The molecule has 0 radical (unpaired) electrons. The number of amides is 1. The number of nitrogens with two attached hydrogens (primary N) is 1. The van der Waals surface area contributed by atoms with Crippen molar-refractivity contribution in [3.05, 3.63) is 71.8 Å². The highest BCUT2D eigenvalue weighted by Gasteiger charge is 2.13. The summed E-state index contributed by atoms with van der Waals surface area (Å²) >= 11 is 0. The largest absolute Gasteiger partial charge is 0.496 e. The molecule has 0 saturated carbocycles. The van der Waals surface area contributed by atoms with E-state index in [0.717, 1.165) is 16.8 Å². The highest BCUT2D eigenvalue weighted by molar-refractivity contribution is 6.03. The van der Waals surface area contributed by atoms with Crippen LogP contribution in [0.3, 0.4) is 0 Å². The molecular formula is C26H29N3O5. The van der Waals surface area contributed by atoms with E-state index in [1.807, 2.05) is 42.5 Å². The molecule has 0 spiro atoms. The van der Waals surface area contributed by atoms with Crippen LogP contribution in [0.5, 0.6) is 23.0 Å². The summed E-state index contributed by atoms with van der Waals surface area (Å²) in [6, 6.07) is 16.5. The van der Waals surface area contributed by atoms with Gasteiger partial charge in [-0.05, 0) is 29.8 Å².